The van der Waals surface area contributed by atoms with E-state index in [4.69, 9.17) is 5.73 Å². The summed E-state index contributed by atoms with van der Waals surface area (Å²) < 4.78 is 0. The topological polar surface area (TPSA) is 55.1 Å². The van der Waals surface area contributed by atoms with E-state index in [1.165, 1.54) is 0 Å². The van der Waals surface area contributed by atoms with Gasteiger partial charge in [-0.15, -0.1) is 0 Å². The van der Waals surface area contributed by atoms with E-state index < -0.39 is 0 Å². The van der Waals surface area contributed by atoms with Gasteiger partial charge in [-0.1, -0.05) is 20.8 Å². The monoisotopic (exact) mass is 186 g/mol. The van der Waals surface area contributed by atoms with Crippen LogP contribution in [0.25, 0.3) is 0 Å². The van der Waals surface area contributed by atoms with E-state index in [2.05, 4.69) is 19.2 Å². The second-order valence-corrected chi connectivity index (χ2v) is 4.02. The third kappa shape index (κ3) is 4.88. The molecule has 0 spiro atoms. The molecule has 78 valence electrons. The first-order valence-electron chi connectivity index (χ1n) is 4.99. The fraction of sp³-hybridized carbons (Fsp3) is 0.900. The number of amides is 1. The second kappa shape index (κ2) is 5.97. The summed E-state index contributed by atoms with van der Waals surface area (Å²) in [7, 11) is 0. The van der Waals surface area contributed by atoms with E-state index in [0.717, 1.165) is 6.42 Å². The molecule has 0 aliphatic carbocycles. The summed E-state index contributed by atoms with van der Waals surface area (Å²) in [5.41, 5.74) is 5.38. The summed E-state index contributed by atoms with van der Waals surface area (Å²) >= 11 is 0. The summed E-state index contributed by atoms with van der Waals surface area (Å²) in [6, 6.07) is 0.243. The van der Waals surface area contributed by atoms with Gasteiger partial charge in [0.1, 0.15) is 0 Å². The Kier molecular flexibility index (Phi) is 5.71. The maximum Gasteiger partial charge on any atom is 0.223 e. The molecule has 0 radical (unpaired) electrons. The molecule has 3 N–H and O–H groups in total. The zero-order valence-electron chi connectivity index (χ0n) is 9.13. The lowest BCUT2D eigenvalue weighted by atomic mass is 10.0. The average Bonchev–Trinajstić information content (AvgIpc) is 2.04. The fourth-order valence-electron chi connectivity index (χ4n) is 0.914. The van der Waals surface area contributed by atoms with Gasteiger partial charge in [0.05, 0.1) is 0 Å². The second-order valence-electron chi connectivity index (χ2n) is 4.02. The van der Waals surface area contributed by atoms with Crippen LogP contribution in [0.2, 0.25) is 0 Å². The molecule has 0 heterocycles. The van der Waals surface area contributed by atoms with Crippen LogP contribution in [0.1, 0.15) is 34.1 Å². The van der Waals surface area contributed by atoms with E-state index in [1.807, 2.05) is 13.8 Å². The predicted octanol–water partition coefficient (Wildman–Crippen LogP) is 1.13. The van der Waals surface area contributed by atoms with Gasteiger partial charge in [-0.25, -0.2) is 0 Å². The van der Waals surface area contributed by atoms with Crippen molar-refractivity contribution in [1.29, 1.82) is 0 Å². The molecule has 0 aromatic carbocycles. The fourth-order valence-corrected chi connectivity index (χ4v) is 0.914. The van der Waals surface area contributed by atoms with Crippen LogP contribution in [0.4, 0.5) is 0 Å². The average molecular weight is 186 g/mol. The van der Waals surface area contributed by atoms with Crippen LogP contribution in [-0.2, 0) is 4.79 Å². The highest BCUT2D eigenvalue weighted by atomic mass is 16.1. The number of nitrogens with one attached hydrogen (secondary N) is 1. The number of carbonyl (C=O) groups is 1. The summed E-state index contributed by atoms with van der Waals surface area (Å²) in [4.78, 5) is 11.5. The molecular formula is C10H22N2O. The van der Waals surface area contributed by atoms with Crippen molar-refractivity contribution in [2.45, 2.75) is 40.2 Å². The van der Waals surface area contributed by atoms with Gasteiger partial charge >= 0.3 is 0 Å². The van der Waals surface area contributed by atoms with Gasteiger partial charge in [0.2, 0.25) is 5.91 Å². The van der Waals surface area contributed by atoms with Crippen molar-refractivity contribution in [3.8, 4) is 0 Å². The van der Waals surface area contributed by atoms with Crippen LogP contribution in [0, 0.1) is 11.8 Å². The molecule has 0 rings (SSSR count). The molecule has 3 nitrogen and oxygen atoms in total. The SMILES string of the molecule is CC(CCN)C(=O)NC(C)C(C)C. The standard InChI is InChI=1S/C10H22N2O/c1-7(2)9(4)12-10(13)8(3)5-6-11/h7-9H,5-6,11H2,1-4H3,(H,12,13). The van der Waals surface area contributed by atoms with Crippen LogP contribution in [0.5, 0.6) is 0 Å². The third-order valence-corrected chi connectivity index (χ3v) is 2.42. The first-order valence-corrected chi connectivity index (χ1v) is 4.99. The Morgan fingerprint density at radius 2 is 1.85 bits per heavy atom. The van der Waals surface area contributed by atoms with E-state index >= 15 is 0 Å². The smallest absolute Gasteiger partial charge is 0.223 e. The minimum atomic E-state index is 0.0335. The highest BCUT2D eigenvalue weighted by molar-refractivity contribution is 5.78. The van der Waals surface area contributed by atoms with E-state index in [0.29, 0.717) is 12.5 Å². The van der Waals surface area contributed by atoms with Crippen LogP contribution in [-0.4, -0.2) is 18.5 Å². The number of carbonyl (C=O) groups excluding carboxylic acids is 1. The number of rotatable bonds is 5. The van der Waals surface area contributed by atoms with E-state index in [-0.39, 0.29) is 17.9 Å². The molecule has 0 fully saturated rings. The minimum absolute atomic E-state index is 0.0335. The van der Waals surface area contributed by atoms with Crippen molar-refractivity contribution < 1.29 is 4.79 Å². The molecule has 2 unspecified atom stereocenters. The minimum Gasteiger partial charge on any atom is -0.353 e. The van der Waals surface area contributed by atoms with Crippen molar-refractivity contribution in [3.05, 3.63) is 0 Å². The normalized spacial score (nSPS) is 15.5. The molecule has 0 bridgehead atoms. The van der Waals surface area contributed by atoms with Crippen molar-refractivity contribution in [2.75, 3.05) is 6.54 Å². The molecule has 0 aliphatic rings. The van der Waals surface area contributed by atoms with Gasteiger partial charge in [0.25, 0.3) is 0 Å². The maximum absolute atomic E-state index is 11.5. The van der Waals surface area contributed by atoms with E-state index in [1.54, 1.807) is 0 Å². The van der Waals surface area contributed by atoms with Gasteiger partial charge in [-0.2, -0.15) is 0 Å². The quantitative estimate of drug-likeness (QED) is 0.676. The molecule has 3 heteroatoms. The Morgan fingerprint density at radius 1 is 1.31 bits per heavy atom. The number of hydrogen-bond acceptors (Lipinski definition) is 2. The maximum atomic E-state index is 11.5. The lowest BCUT2D eigenvalue weighted by Crippen LogP contribution is -2.39. The first kappa shape index (κ1) is 12.4. The van der Waals surface area contributed by atoms with Gasteiger partial charge in [-0.3, -0.25) is 4.79 Å². The first-order chi connectivity index (χ1) is 5.99. The summed E-state index contributed by atoms with van der Waals surface area (Å²) in [6.45, 7) is 8.70. The molecule has 2 atom stereocenters. The van der Waals surface area contributed by atoms with Gasteiger partial charge in [0.15, 0.2) is 0 Å². The van der Waals surface area contributed by atoms with E-state index in [9.17, 15) is 4.79 Å². The number of nitrogens with two attached hydrogens (primary N) is 1. The Bertz CT molecular complexity index is 157. The summed E-state index contributed by atoms with van der Waals surface area (Å²) in [5, 5.41) is 2.97. The van der Waals surface area contributed by atoms with Gasteiger partial charge in [0, 0.05) is 12.0 Å². The Labute approximate surface area is 81.1 Å². The van der Waals surface area contributed by atoms with Crippen molar-refractivity contribution in [2.24, 2.45) is 17.6 Å². The Balaban J connectivity index is 3.85. The molecule has 0 saturated carbocycles. The van der Waals surface area contributed by atoms with Crippen LogP contribution in [0.15, 0.2) is 0 Å². The largest absolute Gasteiger partial charge is 0.353 e. The lowest BCUT2D eigenvalue weighted by molar-refractivity contribution is -0.125. The molecule has 0 aromatic heterocycles. The molecule has 1 amide bonds. The van der Waals surface area contributed by atoms with Crippen LogP contribution >= 0.6 is 0 Å². The molecule has 0 aromatic rings. The van der Waals surface area contributed by atoms with Gasteiger partial charge < -0.3 is 11.1 Å². The molecular weight excluding hydrogens is 164 g/mol. The van der Waals surface area contributed by atoms with Crippen LogP contribution < -0.4 is 11.1 Å². The highest BCUT2D eigenvalue weighted by Crippen LogP contribution is 2.04. The molecule has 0 aliphatic heterocycles. The zero-order valence-corrected chi connectivity index (χ0v) is 9.13. The Hall–Kier alpha value is -0.570. The summed E-state index contributed by atoms with van der Waals surface area (Å²) in [6.07, 6.45) is 0.761. The number of hydrogen-bond donors (Lipinski definition) is 2. The van der Waals surface area contributed by atoms with Crippen molar-refractivity contribution in [1.82, 2.24) is 5.32 Å². The zero-order chi connectivity index (χ0) is 10.4. The lowest BCUT2D eigenvalue weighted by Gasteiger charge is -2.19. The Morgan fingerprint density at radius 3 is 2.23 bits per heavy atom. The molecule has 13 heavy (non-hydrogen) atoms. The van der Waals surface area contributed by atoms with Crippen molar-refractivity contribution in [3.63, 3.8) is 0 Å². The highest BCUT2D eigenvalue weighted by Gasteiger charge is 2.15. The van der Waals surface area contributed by atoms with Gasteiger partial charge in [-0.05, 0) is 25.8 Å². The van der Waals surface area contributed by atoms with Crippen molar-refractivity contribution >= 4 is 5.91 Å². The van der Waals surface area contributed by atoms with Crippen LogP contribution in [0.3, 0.4) is 0 Å². The predicted molar refractivity (Wildman–Crippen MR) is 55.3 cm³/mol. The summed E-state index contributed by atoms with van der Waals surface area (Å²) in [5.74, 6) is 0.631. The molecule has 0 saturated heterocycles. The third-order valence-electron chi connectivity index (χ3n) is 2.42.